The summed E-state index contributed by atoms with van der Waals surface area (Å²) in [5.41, 5.74) is 4.76. The molecular weight excluding hydrogens is 462 g/mol. The molecule has 1 aliphatic carbocycles. The molecule has 6 heteroatoms. The maximum Gasteiger partial charge on any atom is 0.254 e. The largest absolute Gasteiger partial charge is 0.495 e. The Morgan fingerprint density at radius 2 is 1.62 bits per heavy atom. The van der Waals surface area contributed by atoms with Crippen LogP contribution in [0.4, 0.5) is 5.69 Å². The number of benzene rings is 3. The number of aryl methyl sites for hydroxylation is 1. The van der Waals surface area contributed by atoms with E-state index < -0.39 is 5.92 Å². The van der Waals surface area contributed by atoms with Gasteiger partial charge >= 0.3 is 0 Å². The van der Waals surface area contributed by atoms with Gasteiger partial charge in [-0.1, -0.05) is 60.2 Å². The van der Waals surface area contributed by atoms with Gasteiger partial charge in [-0.2, -0.15) is 0 Å². The summed E-state index contributed by atoms with van der Waals surface area (Å²) in [6.45, 7) is 4.81. The van der Waals surface area contributed by atoms with Crippen LogP contribution in [0.5, 0.6) is 5.75 Å². The number of hydrogen-bond acceptors (Lipinski definition) is 4. The number of nitrogens with zero attached hydrogens (tertiary/aromatic N) is 3. The Bertz CT molecular complexity index is 1330. The summed E-state index contributed by atoms with van der Waals surface area (Å²) in [5.74, 6) is 0.585. The van der Waals surface area contributed by atoms with Crippen LogP contribution in [0, 0.1) is 6.92 Å². The molecule has 0 spiro atoms. The van der Waals surface area contributed by atoms with Crippen molar-refractivity contribution in [1.29, 1.82) is 0 Å². The molecule has 2 heterocycles. The predicted octanol–water partition coefficient (Wildman–Crippen LogP) is 4.80. The van der Waals surface area contributed by atoms with Gasteiger partial charge in [0.05, 0.1) is 24.8 Å². The lowest BCUT2D eigenvalue weighted by molar-refractivity contribution is -0.135. The van der Waals surface area contributed by atoms with Crippen LogP contribution in [-0.2, 0) is 4.79 Å². The minimum Gasteiger partial charge on any atom is -0.495 e. The van der Waals surface area contributed by atoms with E-state index in [1.807, 2.05) is 58.3 Å². The fourth-order valence-electron chi connectivity index (χ4n) is 6.04. The minimum atomic E-state index is -0.422. The van der Waals surface area contributed by atoms with E-state index in [0.29, 0.717) is 18.7 Å². The highest BCUT2D eigenvalue weighted by Gasteiger charge is 2.50. The lowest BCUT2D eigenvalue weighted by atomic mass is 9.78. The van der Waals surface area contributed by atoms with Crippen LogP contribution >= 0.6 is 0 Å². The van der Waals surface area contributed by atoms with Gasteiger partial charge in [0.15, 0.2) is 0 Å². The number of carbonyl (C=O) groups excluding carboxylic acids is 2. The number of carbonyl (C=O) groups is 2. The summed E-state index contributed by atoms with van der Waals surface area (Å²) in [7, 11) is 1.69. The number of rotatable bonds is 5. The average Bonchev–Trinajstić information content (AvgIpc) is 3.78. The first-order chi connectivity index (χ1) is 18.1. The van der Waals surface area contributed by atoms with Gasteiger partial charge in [-0.25, -0.2) is 0 Å². The third-order valence-corrected chi connectivity index (χ3v) is 7.98. The van der Waals surface area contributed by atoms with Gasteiger partial charge in [0, 0.05) is 37.8 Å². The molecule has 0 N–H and O–H groups in total. The molecule has 0 radical (unpaired) electrons. The van der Waals surface area contributed by atoms with Crippen molar-refractivity contribution in [3.8, 4) is 5.75 Å². The number of methoxy groups -OCH3 is 1. The van der Waals surface area contributed by atoms with Crippen molar-refractivity contribution in [1.82, 2.24) is 9.80 Å². The van der Waals surface area contributed by atoms with Crippen LogP contribution in [0.15, 0.2) is 72.8 Å². The van der Waals surface area contributed by atoms with Gasteiger partial charge in [0.25, 0.3) is 5.91 Å². The molecule has 3 aliphatic rings. The second-order valence-electron chi connectivity index (χ2n) is 10.4. The zero-order valence-electron chi connectivity index (χ0n) is 21.5. The van der Waals surface area contributed by atoms with Gasteiger partial charge in [0.2, 0.25) is 5.91 Å². The molecule has 6 rings (SSSR count). The van der Waals surface area contributed by atoms with Crippen molar-refractivity contribution in [2.24, 2.45) is 0 Å². The number of fused-ring (bicyclic) bond motifs is 1. The van der Waals surface area contributed by atoms with Crippen molar-refractivity contribution in [2.75, 3.05) is 38.2 Å². The summed E-state index contributed by atoms with van der Waals surface area (Å²) in [4.78, 5) is 34.4. The number of ether oxygens (including phenoxy) is 1. The minimum absolute atomic E-state index is 0.0506. The quantitative estimate of drug-likeness (QED) is 0.511. The first-order valence-corrected chi connectivity index (χ1v) is 13.2. The zero-order valence-corrected chi connectivity index (χ0v) is 21.5. The molecule has 2 aliphatic heterocycles. The van der Waals surface area contributed by atoms with E-state index in [4.69, 9.17) is 4.74 Å². The maximum atomic E-state index is 14.4. The van der Waals surface area contributed by atoms with Crippen LogP contribution in [-0.4, -0.2) is 60.9 Å². The second-order valence-corrected chi connectivity index (χ2v) is 10.4. The van der Waals surface area contributed by atoms with Crippen molar-refractivity contribution < 1.29 is 14.3 Å². The van der Waals surface area contributed by atoms with Crippen molar-refractivity contribution in [3.63, 3.8) is 0 Å². The number of piperazine rings is 1. The topological polar surface area (TPSA) is 53.1 Å². The highest BCUT2D eigenvalue weighted by molar-refractivity contribution is 6.01. The van der Waals surface area contributed by atoms with Crippen LogP contribution in [0.2, 0.25) is 0 Å². The molecule has 2 atom stereocenters. The Labute approximate surface area is 218 Å². The Kier molecular flexibility index (Phi) is 6.11. The number of hydrogen-bond donors (Lipinski definition) is 0. The molecule has 37 heavy (non-hydrogen) atoms. The fraction of sp³-hybridized carbons (Fsp3) is 0.355. The Balaban J connectivity index is 1.34. The van der Waals surface area contributed by atoms with Crippen LogP contribution in [0.1, 0.15) is 51.8 Å². The molecule has 190 valence electrons. The maximum absolute atomic E-state index is 14.4. The van der Waals surface area contributed by atoms with Gasteiger partial charge in [-0.3, -0.25) is 9.59 Å². The van der Waals surface area contributed by atoms with Crippen LogP contribution in [0.3, 0.4) is 0 Å². The second kappa shape index (κ2) is 9.58. The normalized spacial score (nSPS) is 21.6. The summed E-state index contributed by atoms with van der Waals surface area (Å²) >= 11 is 0. The lowest BCUT2D eigenvalue weighted by Crippen LogP contribution is -2.53. The van der Waals surface area contributed by atoms with Crippen molar-refractivity contribution in [2.45, 2.75) is 37.8 Å². The monoisotopic (exact) mass is 495 g/mol. The van der Waals surface area contributed by atoms with E-state index >= 15 is 0 Å². The molecule has 6 nitrogen and oxygen atoms in total. The Morgan fingerprint density at radius 3 is 2.35 bits per heavy atom. The molecule has 1 saturated carbocycles. The highest BCUT2D eigenvalue weighted by atomic mass is 16.5. The van der Waals surface area contributed by atoms with Gasteiger partial charge in [-0.15, -0.1) is 0 Å². The molecular formula is C31H33N3O3. The first kappa shape index (κ1) is 23.6. The van der Waals surface area contributed by atoms with E-state index in [0.717, 1.165) is 54.1 Å². The average molecular weight is 496 g/mol. The first-order valence-electron chi connectivity index (χ1n) is 13.2. The SMILES string of the molecule is COc1ccccc1N1CCN(C(=O)[C@H]2c3ccccc3C(=O)N(C3CC3)[C@H]2c2cccc(C)c2)CC1. The Morgan fingerprint density at radius 1 is 0.892 bits per heavy atom. The van der Waals surface area contributed by atoms with Crippen molar-refractivity contribution in [3.05, 3.63) is 95.1 Å². The van der Waals surface area contributed by atoms with Crippen molar-refractivity contribution >= 4 is 17.5 Å². The summed E-state index contributed by atoms with van der Waals surface area (Å²) in [6, 6.07) is 24.0. The number of anilines is 1. The molecule has 2 fully saturated rings. The van der Waals surface area contributed by atoms with Crippen LogP contribution < -0.4 is 9.64 Å². The van der Waals surface area contributed by atoms with E-state index in [9.17, 15) is 9.59 Å². The van der Waals surface area contributed by atoms with E-state index in [1.165, 1.54) is 0 Å². The summed E-state index contributed by atoms with van der Waals surface area (Å²) in [6.07, 6.45) is 1.99. The molecule has 3 aromatic rings. The third kappa shape index (κ3) is 4.24. The standard InChI is InChI=1S/C31H33N3O3/c1-21-8-7-9-22(20-21)29-28(24-10-3-4-11-25(24)30(35)34(29)23-14-15-23)31(36)33-18-16-32(17-19-33)26-12-5-6-13-27(26)37-2/h3-13,20,23,28-29H,14-19H2,1-2H3/t28-,29-/m0/s1. The Hall–Kier alpha value is -3.80. The molecule has 0 aromatic heterocycles. The molecule has 2 amide bonds. The molecule has 0 unspecified atom stereocenters. The van der Waals surface area contributed by atoms with E-state index in [1.54, 1.807) is 7.11 Å². The lowest BCUT2D eigenvalue weighted by Gasteiger charge is -2.45. The smallest absolute Gasteiger partial charge is 0.254 e. The van der Waals surface area contributed by atoms with E-state index in [-0.39, 0.29) is 23.9 Å². The fourth-order valence-corrected chi connectivity index (χ4v) is 6.04. The van der Waals surface area contributed by atoms with E-state index in [2.05, 4.69) is 36.1 Å². The molecule has 1 saturated heterocycles. The van der Waals surface area contributed by atoms with Crippen LogP contribution in [0.25, 0.3) is 0 Å². The molecule has 3 aromatic carbocycles. The summed E-state index contributed by atoms with van der Waals surface area (Å²) < 4.78 is 5.57. The molecule has 0 bridgehead atoms. The van der Waals surface area contributed by atoms with Gasteiger partial charge < -0.3 is 19.4 Å². The van der Waals surface area contributed by atoms with Gasteiger partial charge in [0.1, 0.15) is 5.75 Å². The number of para-hydroxylation sites is 2. The summed E-state index contributed by atoms with van der Waals surface area (Å²) in [5, 5.41) is 0. The van der Waals surface area contributed by atoms with Gasteiger partial charge in [-0.05, 0) is 49.1 Å². The number of amides is 2. The highest BCUT2D eigenvalue weighted by Crippen LogP contribution is 2.48. The third-order valence-electron chi connectivity index (χ3n) is 7.98. The zero-order chi connectivity index (χ0) is 25.5. The predicted molar refractivity (Wildman–Crippen MR) is 144 cm³/mol.